The molecule has 17 heavy (non-hydrogen) atoms. The molecule has 0 aliphatic rings. The van der Waals surface area contributed by atoms with E-state index >= 15 is 0 Å². The fraction of sp³-hybridized carbons (Fsp3) is 0. The van der Waals surface area contributed by atoms with Crippen molar-refractivity contribution in [2.75, 3.05) is 0 Å². The molecule has 0 saturated carbocycles. The van der Waals surface area contributed by atoms with Crippen molar-refractivity contribution in [1.29, 1.82) is 0 Å². The predicted octanol–water partition coefficient (Wildman–Crippen LogP) is -13.6. The van der Waals surface area contributed by atoms with Gasteiger partial charge in [0, 0.05) is 29.6 Å². The second-order valence-electron chi connectivity index (χ2n) is 0. The monoisotopic (exact) mass is 311 g/mol. The van der Waals surface area contributed by atoms with E-state index in [2.05, 4.69) is 0 Å². The summed E-state index contributed by atoms with van der Waals surface area (Å²) in [4.78, 5) is 0. The van der Waals surface area contributed by atoms with Gasteiger partial charge in [0.25, 0.3) is 0 Å². The first-order valence-corrected chi connectivity index (χ1v) is 0. The molecule has 0 rings (SSSR count). The van der Waals surface area contributed by atoms with Crippen molar-refractivity contribution in [2.45, 2.75) is 0 Å². The van der Waals surface area contributed by atoms with Crippen LogP contribution in [0.15, 0.2) is 0 Å². The second kappa shape index (κ2) is 29800. The van der Waals surface area contributed by atoms with Crippen molar-refractivity contribution in [3.8, 4) is 0 Å². The molecule has 16 nitrogen and oxygen atoms in total. The van der Waals surface area contributed by atoms with Gasteiger partial charge < -0.3 is 87.6 Å². The summed E-state index contributed by atoms with van der Waals surface area (Å²) in [5.41, 5.74) is 0. The van der Waals surface area contributed by atoms with Crippen LogP contribution in [0.5, 0.6) is 0 Å². The summed E-state index contributed by atoms with van der Waals surface area (Å²) in [7, 11) is 0. The first kappa shape index (κ1) is 35900. The Balaban J connectivity index is 0. The average Bonchev–Trinajstić information content (AvgIpc) is 0. The van der Waals surface area contributed by atoms with Crippen LogP contribution >= 0.6 is 0 Å². The Hall–Kier alpha value is 0.360. The molecule has 1 radical (unpaired) electrons. The summed E-state index contributed by atoms with van der Waals surface area (Å²) in [5.74, 6) is 0. The van der Waals surface area contributed by atoms with Gasteiger partial charge in [-0.2, -0.15) is 0 Å². The molecule has 0 amide bonds. The molecule has 0 aliphatic carbocycles. The minimum absolute atomic E-state index is 0. The topological polar surface area (TPSA) is 504 Å². The van der Waals surface area contributed by atoms with E-state index in [0.717, 1.165) is 0 Å². The van der Waals surface area contributed by atoms with Crippen molar-refractivity contribution in [2.24, 2.45) is 0 Å². The van der Waals surface area contributed by atoms with Crippen LogP contribution < -0.4 is 0 Å². The normalized spacial score (nSPS) is 0. The molecule has 0 saturated heterocycles. The van der Waals surface area contributed by atoms with Gasteiger partial charge in [0.1, 0.15) is 0 Å². The third-order valence-corrected chi connectivity index (χ3v) is 0. The molecule has 17 heteroatoms. The van der Waals surface area contributed by atoms with Crippen LogP contribution in [0.3, 0.4) is 0 Å². The largest absolute Gasteiger partial charge is 0.412 e. The number of rotatable bonds is 0. The zero-order chi connectivity index (χ0) is 0. The minimum atomic E-state index is 0. The SMILES string of the molecule is O.O.O.O.O.O.O.O.O.O.O.O.O.O.O.O.[Na]. The van der Waals surface area contributed by atoms with E-state index in [1.165, 1.54) is 0 Å². The van der Waals surface area contributed by atoms with E-state index in [9.17, 15) is 0 Å². The van der Waals surface area contributed by atoms with Gasteiger partial charge in [-0.15, -0.1) is 0 Å². The molecule has 0 spiro atoms. The molecular formula is H32NaO16. The molecule has 32 N–H and O–H groups in total. The molecule has 0 atom stereocenters. The molecule has 0 aromatic rings. The molecule has 0 heterocycles. The minimum Gasteiger partial charge on any atom is -0.412 e. The van der Waals surface area contributed by atoms with Crippen molar-refractivity contribution in [3.05, 3.63) is 0 Å². The molecule has 0 bridgehead atoms. The van der Waals surface area contributed by atoms with Crippen LogP contribution in [-0.2, 0) is 0 Å². The average molecular weight is 311 g/mol. The third kappa shape index (κ3) is 26000. The summed E-state index contributed by atoms with van der Waals surface area (Å²) >= 11 is 0. The molecule has 0 aliphatic heterocycles. The Morgan fingerprint density at radius 2 is 0.118 bits per heavy atom. The van der Waals surface area contributed by atoms with E-state index < -0.39 is 0 Å². The summed E-state index contributed by atoms with van der Waals surface area (Å²) in [6.07, 6.45) is 0. The van der Waals surface area contributed by atoms with Gasteiger partial charge in [-0.1, -0.05) is 0 Å². The van der Waals surface area contributed by atoms with Gasteiger partial charge in [0.05, 0.1) is 0 Å². The first-order valence-electron chi connectivity index (χ1n) is 0. The van der Waals surface area contributed by atoms with Crippen LogP contribution in [0.1, 0.15) is 0 Å². The van der Waals surface area contributed by atoms with Crippen LogP contribution in [0, 0.1) is 0 Å². The van der Waals surface area contributed by atoms with Gasteiger partial charge in [-0.3, -0.25) is 0 Å². The molecule has 0 aromatic carbocycles. The number of hydrogen-bond acceptors (Lipinski definition) is 0. The molecule has 0 unspecified atom stereocenters. The van der Waals surface area contributed by atoms with E-state index in [4.69, 9.17) is 0 Å². The Bertz CT molecular complexity index is 5.49. The quantitative estimate of drug-likeness (QED) is 0.375. The van der Waals surface area contributed by atoms with E-state index in [-0.39, 0.29) is 117 Å². The summed E-state index contributed by atoms with van der Waals surface area (Å²) < 4.78 is 0. The Morgan fingerprint density at radius 1 is 0.118 bits per heavy atom. The van der Waals surface area contributed by atoms with Crippen LogP contribution in [-0.4, -0.2) is 117 Å². The molecular weight excluding hydrogens is 279 g/mol. The second-order valence-corrected chi connectivity index (χ2v) is 0. The van der Waals surface area contributed by atoms with Crippen molar-refractivity contribution >= 4 is 29.6 Å². The van der Waals surface area contributed by atoms with E-state index in [1.54, 1.807) is 0 Å². The van der Waals surface area contributed by atoms with Crippen LogP contribution in [0.25, 0.3) is 0 Å². The Labute approximate surface area is 117 Å². The van der Waals surface area contributed by atoms with Crippen LogP contribution in [0.2, 0.25) is 0 Å². The molecule has 0 fully saturated rings. The fourth-order valence-corrected chi connectivity index (χ4v) is 0. The molecule has 129 valence electrons. The maximum Gasteiger partial charge on any atom is 0 e. The van der Waals surface area contributed by atoms with Gasteiger partial charge >= 0.3 is 0 Å². The van der Waals surface area contributed by atoms with Crippen molar-refractivity contribution in [3.63, 3.8) is 0 Å². The van der Waals surface area contributed by atoms with Crippen molar-refractivity contribution < 1.29 is 87.6 Å². The smallest absolute Gasteiger partial charge is 0 e. The van der Waals surface area contributed by atoms with Gasteiger partial charge in [0.2, 0.25) is 0 Å². The van der Waals surface area contributed by atoms with Crippen molar-refractivity contribution in [1.82, 2.24) is 0 Å². The Kier molecular flexibility index (Phi) is 62800000. The zero-order valence-electron chi connectivity index (χ0n) is 9.00. The van der Waals surface area contributed by atoms with E-state index in [0.29, 0.717) is 0 Å². The predicted molar refractivity (Wildman–Crippen MR) is 63.6 cm³/mol. The maximum atomic E-state index is 0. The maximum absolute atomic E-state index is 0. The number of hydrogen-bond donors (Lipinski definition) is 0. The van der Waals surface area contributed by atoms with Crippen LogP contribution in [0.4, 0.5) is 0 Å². The van der Waals surface area contributed by atoms with Gasteiger partial charge in [-0.05, 0) is 0 Å². The summed E-state index contributed by atoms with van der Waals surface area (Å²) in [5, 5.41) is 0. The van der Waals surface area contributed by atoms with Gasteiger partial charge in [0.15, 0.2) is 0 Å². The standard InChI is InChI=1S/Na.16H2O/h;16*1H2. The zero-order valence-corrected chi connectivity index (χ0v) is 11.0. The third-order valence-electron chi connectivity index (χ3n) is 0. The fourth-order valence-electron chi connectivity index (χ4n) is 0. The molecule has 0 aromatic heterocycles. The first-order chi connectivity index (χ1) is 0. The van der Waals surface area contributed by atoms with E-state index in [1.807, 2.05) is 0 Å². The van der Waals surface area contributed by atoms with Gasteiger partial charge in [-0.25, -0.2) is 0 Å². The Morgan fingerprint density at radius 3 is 0.118 bits per heavy atom. The summed E-state index contributed by atoms with van der Waals surface area (Å²) in [6.45, 7) is 0. The summed E-state index contributed by atoms with van der Waals surface area (Å²) in [6, 6.07) is 0.